The molecular formula is C14H16BrCl2NO. The molecule has 104 valence electrons. The van der Waals surface area contributed by atoms with E-state index in [1.807, 2.05) is 4.90 Å². The Morgan fingerprint density at radius 2 is 2.11 bits per heavy atom. The molecule has 0 radical (unpaired) electrons. The van der Waals surface area contributed by atoms with E-state index in [2.05, 4.69) is 29.8 Å². The van der Waals surface area contributed by atoms with Crippen LogP contribution in [-0.2, 0) is 0 Å². The lowest BCUT2D eigenvalue weighted by molar-refractivity contribution is 0.0602. The van der Waals surface area contributed by atoms with Crippen LogP contribution in [0.15, 0.2) is 18.2 Å². The van der Waals surface area contributed by atoms with Crippen molar-refractivity contribution in [3.63, 3.8) is 0 Å². The fourth-order valence-electron chi connectivity index (χ4n) is 2.34. The number of alkyl halides is 1. The topological polar surface area (TPSA) is 20.3 Å². The summed E-state index contributed by atoms with van der Waals surface area (Å²) >= 11 is 15.7. The molecule has 1 atom stereocenters. The maximum atomic E-state index is 12.5. The zero-order valence-electron chi connectivity index (χ0n) is 10.9. The van der Waals surface area contributed by atoms with E-state index in [4.69, 9.17) is 23.2 Å². The van der Waals surface area contributed by atoms with Crippen molar-refractivity contribution >= 4 is 45.0 Å². The van der Waals surface area contributed by atoms with Crippen LogP contribution < -0.4 is 0 Å². The van der Waals surface area contributed by atoms with Crippen molar-refractivity contribution < 1.29 is 4.79 Å². The second-order valence-corrected chi connectivity index (χ2v) is 7.54. The van der Waals surface area contributed by atoms with Crippen LogP contribution in [-0.4, -0.2) is 28.7 Å². The molecule has 1 aromatic carbocycles. The van der Waals surface area contributed by atoms with Crippen LogP contribution in [0, 0.1) is 5.41 Å². The quantitative estimate of drug-likeness (QED) is 0.665. The van der Waals surface area contributed by atoms with Crippen molar-refractivity contribution in [1.29, 1.82) is 0 Å². The molecule has 1 unspecified atom stereocenters. The highest BCUT2D eigenvalue weighted by atomic mass is 79.9. The van der Waals surface area contributed by atoms with E-state index in [1.165, 1.54) is 0 Å². The minimum absolute atomic E-state index is 0.0417. The maximum Gasteiger partial charge on any atom is 0.255 e. The largest absolute Gasteiger partial charge is 0.338 e. The summed E-state index contributed by atoms with van der Waals surface area (Å²) in [6, 6.07) is 4.99. The Bertz CT molecular complexity index is 504. The average Bonchev–Trinajstić information content (AvgIpc) is 2.35. The molecule has 0 bridgehead atoms. The second kappa shape index (κ2) is 5.63. The molecule has 1 aromatic rings. The molecule has 0 N–H and O–H groups in total. The number of hydrogen-bond acceptors (Lipinski definition) is 1. The zero-order chi connectivity index (χ0) is 14.2. The van der Waals surface area contributed by atoms with Crippen molar-refractivity contribution in [2.75, 3.05) is 13.1 Å². The Morgan fingerprint density at radius 3 is 2.74 bits per heavy atom. The minimum Gasteiger partial charge on any atom is -0.338 e. The standard InChI is InChI=1S/C14H16BrCl2NO/c1-14(2)8-18(6-5-12(14)15)13(19)10-7-9(16)3-4-11(10)17/h3-4,7,12H,5-6,8H2,1-2H3. The van der Waals surface area contributed by atoms with E-state index in [1.54, 1.807) is 18.2 Å². The highest BCUT2D eigenvalue weighted by molar-refractivity contribution is 9.09. The van der Waals surface area contributed by atoms with Gasteiger partial charge in [-0.05, 0) is 30.0 Å². The molecule has 2 rings (SSSR count). The lowest BCUT2D eigenvalue weighted by Crippen LogP contribution is -2.48. The monoisotopic (exact) mass is 363 g/mol. The number of amides is 1. The molecular weight excluding hydrogens is 349 g/mol. The summed E-state index contributed by atoms with van der Waals surface area (Å²) in [6.45, 7) is 5.77. The highest BCUT2D eigenvalue weighted by Gasteiger charge is 2.36. The smallest absolute Gasteiger partial charge is 0.255 e. The van der Waals surface area contributed by atoms with Gasteiger partial charge in [-0.25, -0.2) is 0 Å². The molecule has 0 saturated carbocycles. The van der Waals surface area contributed by atoms with E-state index in [9.17, 15) is 4.79 Å². The fourth-order valence-corrected chi connectivity index (χ4v) is 3.06. The zero-order valence-corrected chi connectivity index (χ0v) is 14.0. The Morgan fingerprint density at radius 1 is 1.42 bits per heavy atom. The molecule has 19 heavy (non-hydrogen) atoms. The summed E-state index contributed by atoms with van der Waals surface area (Å²) in [4.78, 5) is 14.8. The van der Waals surface area contributed by atoms with Crippen molar-refractivity contribution in [2.24, 2.45) is 5.41 Å². The number of carbonyl (C=O) groups is 1. The van der Waals surface area contributed by atoms with Gasteiger partial charge >= 0.3 is 0 Å². The van der Waals surface area contributed by atoms with Crippen LogP contribution in [0.2, 0.25) is 10.0 Å². The van der Waals surface area contributed by atoms with E-state index in [-0.39, 0.29) is 11.3 Å². The summed E-state index contributed by atoms with van der Waals surface area (Å²) < 4.78 is 0. The van der Waals surface area contributed by atoms with Gasteiger partial charge in [0.2, 0.25) is 0 Å². The van der Waals surface area contributed by atoms with Crippen molar-refractivity contribution in [1.82, 2.24) is 4.90 Å². The third kappa shape index (κ3) is 3.26. The predicted molar refractivity (Wildman–Crippen MR) is 83.5 cm³/mol. The Kier molecular flexibility index (Phi) is 4.49. The van der Waals surface area contributed by atoms with Crippen LogP contribution in [0.4, 0.5) is 0 Å². The van der Waals surface area contributed by atoms with E-state index in [0.29, 0.717) is 27.0 Å². The minimum atomic E-state index is -0.0417. The van der Waals surface area contributed by atoms with E-state index >= 15 is 0 Å². The van der Waals surface area contributed by atoms with Gasteiger partial charge in [0.15, 0.2) is 0 Å². The second-order valence-electron chi connectivity index (χ2n) is 5.60. The van der Waals surface area contributed by atoms with Crippen LogP contribution >= 0.6 is 39.1 Å². The molecule has 1 aliphatic rings. The van der Waals surface area contributed by atoms with Gasteiger partial charge in [-0.3, -0.25) is 4.79 Å². The van der Waals surface area contributed by atoms with Gasteiger partial charge in [-0.15, -0.1) is 0 Å². The molecule has 1 amide bonds. The first-order chi connectivity index (χ1) is 8.81. The lowest BCUT2D eigenvalue weighted by atomic mass is 9.84. The average molecular weight is 365 g/mol. The van der Waals surface area contributed by atoms with Crippen molar-refractivity contribution in [2.45, 2.75) is 25.1 Å². The summed E-state index contributed by atoms with van der Waals surface area (Å²) in [6.07, 6.45) is 0.941. The predicted octanol–water partition coefficient (Wildman–Crippen LogP) is 4.63. The van der Waals surface area contributed by atoms with Gasteiger partial charge in [-0.1, -0.05) is 53.0 Å². The van der Waals surface area contributed by atoms with Gasteiger partial charge in [-0.2, -0.15) is 0 Å². The molecule has 0 spiro atoms. The van der Waals surface area contributed by atoms with Crippen molar-refractivity contribution in [3.05, 3.63) is 33.8 Å². The van der Waals surface area contributed by atoms with Gasteiger partial charge in [0.25, 0.3) is 5.91 Å². The number of hydrogen-bond donors (Lipinski definition) is 0. The third-order valence-electron chi connectivity index (χ3n) is 3.54. The summed E-state index contributed by atoms with van der Waals surface area (Å²) in [5.41, 5.74) is 0.539. The first-order valence-corrected chi connectivity index (χ1v) is 7.87. The molecule has 1 aliphatic heterocycles. The van der Waals surface area contributed by atoms with E-state index in [0.717, 1.165) is 13.0 Å². The van der Waals surface area contributed by atoms with Gasteiger partial charge in [0.05, 0.1) is 10.6 Å². The fraction of sp³-hybridized carbons (Fsp3) is 0.500. The highest BCUT2D eigenvalue weighted by Crippen LogP contribution is 2.35. The lowest BCUT2D eigenvalue weighted by Gasteiger charge is -2.42. The van der Waals surface area contributed by atoms with Gasteiger partial charge < -0.3 is 4.90 Å². The summed E-state index contributed by atoms with van der Waals surface area (Å²) in [5, 5.41) is 0.982. The molecule has 2 nitrogen and oxygen atoms in total. The number of piperidine rings is 1. The number of halogens is 3. The number of carbonyl (C=O) groups excluding carboxylic acids is 1. The normalized spacial score (nSPS) is 22.4. The van der Waals surface area contributed by atoms with Crippen LogP contribution in [0.1, 0.15) is 30.6 Å². The number of rotatable bonds is 1. The summed E-state index contributed by atoms with van der Waals surface area (Å²) in [7, 11) is 0. The molecule has 1 fully saturated rings. The molecule has 0 aromatic heterocycles. The van der Waals surface area contributed by atoms with Crippen LogP contribution in [0.5, 0.6) is 0 Å². The van der Waals surface area contributed by atoms with Gasteiger partial charge in [0.1, 0.15) is 0 Å². The van der Waals surface area contributed by atoms with Crippen LogP contribution in [0.25, 0.3) is 0 Å². The Hall–Kier alpha value is -0.250. The first-order valence-electron chi connectivity index (χ1n) is 6.19. The molecule has 0 aliphatic carbocycles. The maximum absolute atomic E-state index is 12.5. The van der Waals surface area contributed by atoms with Gasteiger partial charge in [0, 0.05) is 22.9 Å². The third-order valence-corrected chi connectivity index (χ3v) is 5.81. The number of likely N-dealkylation sites (tertiary alicyclic amines) is 1. The Labute approximate surface area is 132 Å². The van der Waals surface area contributed by atoms with E-state index < -0.39 is 0 Å². The molecule has 1 heterocycles. The number of nitrogens with zero attached hydrogens (tertiary/aromatic N) is 1. The summed E-state index contributed by atoms with van der Waals surface area (Å²) in [5.74, 6) is -0.0417. The molecule has 5 heteroatoms. The number of benzene rings is 1. The van der Waals surface area contributed by atoms with Crippen LogP contribution in [0.3, 0.4) is 0 Å². The first kappa shape index (κ1) is 15.1. The SMILES string of the molecule is CC1(C)CN(C(=O)c2cc(Cl)ccc2Cl)CCC1Br. The Balaban J connectivity index is 2.23. The van der Waals surface area contributed by atoms with Crippen molar-refractivity contribution in [3.8, 4) is 0 Å². The molecule has 1 saturated heterocycles.